The normalized spacial score (nSPS) is 11.0. The number of nitrogens with one attached hydrogen (secondary N) is 3. The van der Waals surface area contributed by atoms with E-state index in [0.29, 0.717) is 17.0 Å². The lowest BCUT2D eigenvalue weighted by Crippen LogP contribution is -2.30. The Labute approximate surface area is 120 Å². The zero-order valence-electron chi connectivity index (χ0n) is 11.7. The highest BCUT2D eigenvalue weighted by Crippen LogP contribution is 2.15. The second kappa shape index (κ2) is 5.23. The van der Waals surface area contributed by atoms with Gasteiger partial charge in [-0.2, -0.15) is 10.2 Å². The van der Waals surface area contributed by atoms with Crippen molar-refractivity contribution in [2.24, 2.45) is 0 Å². The lowest BCUT2D eigenvalue weighted by atomic mass is 10.3. The zero-order chi connectivity index (χ0) is 14.8. The van der Waals surface area contributed by atoms with Gasteiger partial charge in [-0.3, -0.25) is 9.89 Å². The lowest BCUT2D eigenvalue weighted by molar-refractivity contribution is 0.0944. The lowest BCUT2D eigenvalue weighted by Gasteiger charge is -2.07. The standard InChI is InChI=1S/C13H15N7O/c1-8(2)16-13(21)9-7-15-20-6-4-10(18-12(9)20)17-11-3-5-14-19-11/h3-8H,1-2H3,(H,16,21)(H2,14,17,18,19). The average molecular weight is 285 g/mol. The number of aromatic nitrogens is 5. The van der Waals surface area contributed by atoms with Crippen LogP contribution in [0.5, 0.6) is 0 Å². The minimum absolute atomic E-state index is 0.0544. The number of hydrogen-bond acceptors (Lipinski definition) is 5. The van der Waals surface area contributed by atoms with Crippen molar-refractivity contribution in [1.29, 1.82) is 0 Å². The summed E-state index contributed by atoms with van der Waals surface area (Å²) >= 11 is 0. The average Bonchev–Trinajstić information content (AvgIpc) is 3.06. The number of anilines is 2. The van der Waals surface area contributed by atoms with Gasteiger partial charge in [-0.05, 0) is 19.9 Å². The number of hydrogen-bond donors (Lipinski definition) is 3. The number of carbonyl (C=O) groups is 1. The van der Waals surface area contributed by atoms with Crippen molar-refractivity contribution in [2.75, 3.05) is 5.32 Å². The first-order valence-corrected chi connectivity index (χ1v) is 6.55. The molecule has 0 radical (unpaired) electrons. The molecule has 0 unspecified atom stereocenters. The van der Waals surface area contributed by atoms with Gasteiger partial charge in [-0.15, -0.1) is 0 Å². The second-order valence-electron chi connectivity index (χ2n) is 4.86. The van der Waals surface area contributed by atoms with Crippen LogP contribution in [0.2, 0.25) is 0 Å². The third kappa shape index (κ3) is 2.69. The van der Waals surface area contributed by atoms with Crippen molar-refractivity contribution in [1.82, 2.24) is 30.1 Å². The van der Waals surface area contributed by atoms with Gasteiger partial charge in [0.2, 0.25) is 0 Å². The summed E-state index contributed by atoms with van der Waals surface area (Å²) in [6.07, 6.45) is 4.90. The molecule has 0 aliphatic carbocycles. The van der Waals surface area contributed by atoms with E-state index in [2.05, 4.69) is 30.9 Å². The first-order chi connectivity index (χ1) is 10.1. The maximum Gasteiger partial charge on any atom is 0.256 e. The van der Waals surface area contributed by atoms with E-state index < -0.39 is 0 Å². The van der Waals surface area contributed by atoms with Crippen LogP contribution in [0, 0.1) is 0 Å². The largest absolute Gasteiger partial charge is 0.350 e. The highest BCUT2D eigenvalue weighted by Gasteiger charge is 2.15. The minimum Gasteiger partial charge on any atom is -0.350 e. The summed E-state index contributed by atoms with van der Waals surface area (Å²) in [7, 11) is 0. The van der Waals surface area contributed by atoms with Crippen LogP contribution in [0.25, 0.3) is 5.65 Å². The van der Waals surface area contributed by atoms with Crippen molar-refractivity contribution in [3.8, 4) is 0 Å². The van der Waals surface area contributed by atoms with Gasteiger partial charge < -0.3 is 10.6 Å². The number of carbonyl (C=O) groups excluding carboxylic acids is 1. The second-order valence-corrected chi connectivity index (χ2v) is 4.86. The quantitative estimate of drug-likeness (QED) is 0.671. The van der Waals surface area contributed by atoms with E-state index in [9.17, 15) is 4.79 Å². The van der Waals surface area contributed by atoms with Gasteiger partial charge in [0.05, 0.1) is 12.4 Å². The maximum atomic E-state index is 12.1. The Balaban J connectivity index is 1.94. The fourth-order valence-corrected chi connectivity index (χ4v) is 1.90. The van der Waals surface area contributed by atoms with Gasteiger partial charge in [0.25, 0.3) is 5.91 Å². The maximum absolute atomic E-state index is 12.1. The molecule has 0 saturated heterocycles. The molecule has 3 aromatic rings. The highest BCUT2D eigenvalue weighted by atomic mass is 16.1. The first-order valence-electron chi connectivity index (χ1n) is 6.55. The van der Waals surface area contributed by atoms with E-state index in [4.69, 9.17) is 0 Å². The molecule has 0 spiro atoms. The zero-order valence-corrected chi connectivity index (χ0v) is 11.7. The van der Waals surface area contributed by atoms with Gasteiger partial charge in [-0.25, -0.2) is 9.50 Å². The Morgan fingerprint density at radius 1 is 1.38 bits per heavy atom. The summed E-state index contributed by atoms with van der Waals surface area (Å²) < 4.78 is 1.56. The predicted molar refractivity (Wildman–Crippen MR) is 77.5 cm³/mol. The third-order valence-corrected chi connectivity index (χ3v) is 2.80. The molecule has 3 rings (SSSR count). The highest BCUT2D eigenvalue weighted by molar-refractivity contribution is 5.99. The number of aromatic amines is 1. The number of amides is 1. The van der Waals surface area contributed by atoms with Crippen LogP contribution in [0.15, 0.2) is 30.7 Å². The van der Waals surface area contributed by atoms with E-state index in [-0.39, 0.29) is 11.9 Å². The van der Waals surface area contributed by atoms with Crippen LogP contribution in [0.3, 0.4) is 0 Å². The summed E-state index contributed by atoms with van der Waals surface area (Å²) in [5, 5.41) is 16.7. The van der Waals surface area contributed by atoms with Gasteiger partial charge in [0.15, 0.2) is 5.65 Å². The fraction of sp³-hybridized carbons (Fsp3) is 0.231. The number of H-pyrrole nitrogens is 1. The minimum atomic E-state index is -0.189. The number of rotatable bonds is 4. The van der Waals surface area contributed by atoms with Crippen LogP contribution < -0.4 is 10.6 Å². The molecule has 0 bridgehead atoms. The molecule has 3 N–H and O–H groups in total. The molecule has 0 aromatic carbocycles. The molecule has 108 valence electrons. The molecule has 8 heteroatoms. The molecule has 21 heavy (non-hydrogen) atoms. The molecular weight excluding hydrogens is 270 g/mol. The smallest absolute Gasteiger partial charge is 0.256 e. The van der Waals surface area contributed by atoms with E-state index in [1.165, 1.54) is 6.20 Å². The molecule has 3 aromatic heterocycles. The van der Waals surface area contributed by atoms with Crippen LogP contribution in [0.4, 0.5) is 11.6 Å². The number of nitrogens with zero attached hydrogens (tertiary/aromatic N) is 4. The van der Waals surface area contributed by atoms with Crippen molar-refractivity contribution < 1.29 is 4.79 Å². The Kier molecular flexibility index (Phi) is 3.27. The molecule has 0 aliphatic rings. The third-order valence-electron chi connectivity index (χ3n) is 2.80. The molecule has 0 fully saturated rings. The van der Waals surface area contributed by atoms with Crippen molar-refractivity contribution >= 4 is 23.2 Å². The Morgan fingerprint density at radius 2 is 2.24 bits per heavy atom. The van der Waals surface area contributed by atoms with Crippen molar-refractivity contribution in [2.45, 2.75) is 19.9 Å². The molecule has 0 saturated carbocycles. The number of fused-ring (bicyclic) bond motifs is 1. The fourth-order valence-electron chi connectivity index (χ4n) is 1.90. The van der Waals surface area contributed by atoms with Crippen molar-refractivity contribution in [3.63, 3.8) is 0 Å². The van der Waals surface area contributed by atoms with E-state index in [1.807, 2.05) is 13.8 Å². The van der Waals surface area contributed by atoms with Crippen LogP contribution in [-0.2, 0) is 0 Å². The van der Waals surface area contributed by atoms with Gasteiger partial charge in [0.1, 0.15) is 17.2 Å². The van der Waals surface area contributed by atoms with Crippen LogP contribution in [-0.4, -0.2) is 36.7 Å². The van der Waals surface area contributed by atoms with Gasteiger partial charge in [0, 0.05) is 18.3 Å². The summed E-state index contributed by atoms with van der Waals surface area (Å²) in [4.78, 5) is 16.5. The monoisotopic (exact) mass is 285 g/mol. The van der Waals surface area contributed by atoms with Crippen molar-refractivity contribution in [3.05, 3.63) is 36.3 Å². The first kappa shape index (κ1) is 13.1. The molecule has 1 amide bonds. The van der Waals surface area contributed by atoms with E-state index in [1.54, 1.807) is 29.0 Å². The Hall–Kier alpha value is -2.90. The Morgan fingerprint density at radius 3 is 2.95 bits per heavy atom. The van der Waals surface area contributed by atoms with Crippen LogP contribution >= 0.6 is 0 Å². The SMILES string of the molecule is CC(C)NC(=O)c1cnn2ccc(Nc3ccn[nH]3)nc12. The molecule has 3 heterocycles. The van der Waals surface area contributed by atoms with Crippen LogP contribution in [0.1, 0.15) is 24.2 Å². The molecular formula is C13H15N7O. The molecule has 0 aliphatic heterocycles. The van der Waals surface area contributed by atoms with Gasteiger partial charge >= 0.3 is 0 Å². The summed E-state index contributed by atoms with van der Waals surface area (Å²) in [6.45, 7) is 3.81. The summed E-state index contributed by atoms with van der Waals surface area (Å²) in [5.41, 5.74) is 0.939. The van der Waals surface area contributed by atoms with Gasteiger partial charge in [-0.1, -0.05) is 0 Å². The summed E-state index contributed by atoms with van der Waals surface area (Å²) in [6, 6.07) is 3.61. The molecule has 0 atom stereocenters. The topological polar surface area (TPSA) is 100 Å². The van der Waals surface area contributed by atoms with E-state index >= 15 is 0 Å². The molecule has 8 nitrogen and oxygen atoms in total. The van der Waals surface area contributed by atoms with E-state index in [0.717, 1.165) is 5.82 Å². The predicted octanol–water partition coefficient (Wildman–Crippen LogP) is 1.33. The Bertz CT molecular complexity index is 760. The summed E-state index contributed by atoms with van der Waals surface area (Å²) in [5.74, 6) is 1.14.